The summed E-state index contributed by atoms with van der Waals surface area (Å²) >= 11 is 0. The van der Waals surface area contributed by atoms with Gasteiger partial charge >= 0.3 is 0 Å². The maximum absolute atomic E-state index is 4.29. The summed E-state index contributed by atoms with van der Waals surface area (Å²) in [5.74, 6) is 0.869. The van der Waals surface area contributed by atoms with Crippen LogP contribution in [0, 0.1) is 6.92 Å². The van der Waals surface area contributed by atoms with Gasteiger partial charge < -0.3 is 10.3 Å². The lowest BCUT2D eigenvalue weighted by molar-refractivity contribution is 1.10. The molecular weight excluding hydrogens is 224 g/mol. The molecule has 0 fully saturated rings. The maximum Gasteiger partial charge on any atom is 0.143 e. The fourth-order valence-electron chi connectivity index (χ4n) is 1.99. The molecule has 3 aromatic rings. The number of rotatable bonds is 3. The quantitative estimate of drug-likeness (QED) is 0.737. The summed E-state index contributed by atoms with van der Waals surface area (Å²) in [7, 11) is 0. The van der Waals surface area contributed by atoms with Gasteiger partial charge in [0, 0.05) is 12.2 Å². The summed E-state index contributed by atoms with van der Waals surface area (Å²) < 4.78 is 0. The van der Waals surface area contributed by atoms with E-state index in [1.807, 2.05) is 25.1 Å². The van der Waals surface area contributed by atoms with E-state index in [9.17, 15) is 0 Å². The second-order valence-corrected chi connectivity index (χ2v) is 4.28. The Kier molecular flexibility index (Phi) is 2.68. The molecule has 2 heterocycles. The van der Waals surface area contributed by atoms with Crippen molar-refractivity contribution >= 4 is 16.9 Å². The number of H-pyrrole nitrogens is 1. The lowest BCUT2D eigenvalue weighted by Gasteiger charge is -2.06. The molecule has 90 valence electrons. The van der Waals surface area contributed by atoms with E-state index in [1.165, 1.54) is 5.56 Å². The molecule has 0 spiro atoms. The number of benzene rings is 1. The van der Waals surface area contributed by atoms with Crippen molar-refractivity contribution in [2.24, 2.45) is 0 Å². The highest BCUT2D eigenvalue weighted by Crippen LogP contribution is 2.20. The number of aromatic nitrogens is 3. The molecule has 0 saturated heterocycles. The van der Waals surface area contributed by atoms with Gasteiger partial charge in [-0.15, -0.1) is 0 Å². The molecule has 0 aliphatic rings. The van der Waals surface area contributed by atoms with E-state index in [0.29, 0.717) is 0 Å². The number of hydrogen-bond donors (Lipinski definition) is 2. The molecule has 0 radical (unpaired) electrons. The Morgan fingerprint density at radius 3 is 2.83 bits per heavy atom. The van der Waals surface area contributed by atoms with E-state index in [-0.39, 0.29) is 0 Å². The minimum atomic E-state index is 0.761. The summed E-state index contributed by atoms with van der Waals surface area (Å²) in [4.78, 5) is 11.7. The number of hydrogen-bond acceptors (Lipinski definition) is 3. The predicted octanol–water partition coefficient (Wildman–Crippen LogP) is 2.88. The zero-order valence-corrected chi connectivity index (χ0v) is 10.1. The van der Waals surface area contributed by atoms with Crippen LogP contribution in [0.2, 0.25) is 0 Å². The van der Waals surface area contributed by atoms with Crippen LogP contribution in [0.5, 0.6) is 0 Å². The lowest BCUT2D eigenvalue weighted by atomic mass is 10.2. The molecule has 0 amide bonds. The van der Waals surface area contributed by atoms with E-state index >= 15 is 0 Å². The van der Waals surface area contributed by atoms with Crippen molar-refractivity contribution in [2.75, 3.05) is 5.32 Å². The molecule has 3 rings (SSSR count). The molecule has 0 aliphatic heterocycles. The number of anilines is 1. The van der Waals surface area contributed by atoms with E-state index in [2.05, 4.69) is 38.5 Å². The average molecular weight is 238 g/mol. The van der Waals surface area contributed by atoms with Gasteiger partial charge in [0.1, 0.15) is 17.8 Å². The van der Waals surface area contributed by atoms with Crippen LogP contribution in [0.3, 0.4) is 0 Å². The Morgan fingerprint density at radius 1 is 1.17 bits per heavy atom. The van der Waals surface area contributed by atoms with Gasteiger partial charge in [0.05, 0.1) is 5.39 Å². The number of aryl methyl sites for hydroxylation is 1. The number of fused-ring (bicyclic) bond motifs is 1. The third-order valence-electron chi connectivity index (χ3n) is 2.86. The summed E-state index contributed by atoms with van der Waals surface area (Å²) in [5.41, 5.74) is 3.20. The largest absolute Gasteiger partial charge is 0.365 e. The highest BCUT2D eigenvalue weighted by molar-refractivity contribution is 5.87. The van der Waals surface area contributed by atoms with Gasteiger partial charge in [-0.05, 0) is 18.6 Å². The summed E-state index contributed by atoms with van der Waals surface area (Å²) in [6.07, 6.45) is 1.58. The average Bonchev–Trinajstić information content (AvgIpc) is 2.78. The topological polar surface area (TPSA) is 53.6 Å². The molecule has 18 heavy (non-hydrogen) atoms. The molecule has 0 unspecified atom stereocenters. The van der Waals surface area contributed by atoms with Crippen LogP contribution in [0.25, 0.3) is 11.0 Å². The summed E-state index contributed by atoms with van der Waals surface area (Å²) in [5, 5.41) is 4.38. The van der Waals surface area contributed by atoms with Crippen LogP contribution < -0.4 is 5.32 Å². The maximum atomic E-state index is 4.29. The zero-order chi connectivity index (χ0) is 12.4. The Hall–Kier alpha value is -2.36. The molecule has 4 nitrogen and oxygen atoms in total. The van der Waals surface area contributed by atoms with Crippen LogP contribution in [-0.2, 0) is 6.54 Å². The number of aromatic amines is 1. The van der Waals surface area contributed by atoms with Crippen LogP contribution >= 0.6 is 0 Å². The Balaban J connectivity index is 1.86. The number of nitrogens with zero attached hydrogens (tertiary/aromatic N) is 2. The fraction of sp³-hybridized carbons (Fsp3) is 0.143. The standard InChI is InChI=1S/C14H14N4/c1-10-7-12-13(16-9-17-14(12)18-10)15-8-11-5-3-2-4-6-11/h2-7,9H,8H2,1H3,(H2,15,16,17,18). The molecule has 2 aromatic heterocycles. The van der Waals surface area contributed by atoms with E-state index in [1.54, 1.807) is 6.33 Å². The molecule has 0 atom stereocenters. The highest BCUT2D eigenvalue weighted by Gasteiger charge is 2.05. The van der Waals surface area contributed by atoms with Crippen molar-refractivity contribution < 1.29 is 0 Å². The van der Waals surface area contributed by atoms with Crippen molar-refractivity contribution in [3.8, 4) is 0 Å². The molecule has 0 bridgehead atoms. The van der Waals surface area contributed by atoms with Gasteiger partial charge in [-0.1, -0.05) is 30.3 Å². The smallest absolute Gasteiger partial charge is 0.143 e. The number of nitrogens with one attached hydrogen (secondary N) is 2. The Morgan fingerprint density at radius 2 is 2.00 bits per heavy atom. The Labute approximate surface area is 105 Å². The first-order valence-corrected chi connectivity index (χ1v) is 5.91. The van der Waals surface area contributed by atoms with Crippen LogP contribution in [0.4, 0.5) is 5.82 Å². The molecule has 0 aliphatic carbocycles. The van der Waals surface area contributed by atoms with Crippen molar-refractivity contribution in [3.63, 3.8) is 0 Å². The highest BCUT2D eigenvalue weighted by atomic mass is 15.0. The van der Waals surface area contributed by atoms with E-state index < -0.39 is 0 Å². The first kappa shape index (κ1) is 10.8. The van der Waals surface area contributed by atoms with Crippen LogP contribution in [0.15, 0.2) is 42.7 Å². The normalized spacial score (nSPS) is 10.7. The molecule has 1 aromatic carbocycles. The van der Waals surface area contributed by atoms with Gasteiger partial charge in [0.15, 0.2) is 0 Å². The molecule has 2 N–H and O–H groups in total. The van der Waals surface area contributed by atoms with Crippen molar-refractivity contribution in [1.29, 1.82) is 0 Å². The first-order valence-electron chi connectivity index (χ1n) is 5.91. The van der Waals surface area contributed by atoms with Crippen molar-refractivity contribution in [1.82, 2.24) is 15.0 Å². The molecule has 4 heteroatoms. The minimum Gasteiger partial charge on any atom is -0.365 e. The molecule has 0 saturated carbocycles. The van der Waals surface area contributed by atoms with Gasteiger partial charge in [-0.25, -0.2) is 9.97 Å². The third-order valence-corrected chi connectivity index (χ3v) is 2.86. The van der Waals surface area contributed by atoms with Crippen molar-refractivity contribution in [2.45, 2.75) is 13.5 Å². The lowest BCUT2D eigenvalue weighted by Crippen LogP contribution is -2.01. The van der Waals surface area contributed by atoms with Crippen LogP contribution in [0.1, 0.15) is 11.3 Å². The Bertz CT molecular complexity index is 658. The van der Waals surface area contributed by atoms with Gasteiger partial charge in [-0.2, -0.15) is 0 Å². The second-order valence-electron chi connectivity index (χ2n) is 4.28. The predicted molar refractivity (Wildman–Crippen MR) is 72.4 cm³/mol. The van der Waals surface area contributed by atoms with Crippen molar-refractivity contribution in [3.05, 3.63) is 54.0 Å². The van der Waals surface area contributed by atoms with E-state index in [4.69, 9.17) is 0 Å². The third kappa shape index (κ3) is 2.05. The second kappa shape index (κ2) is 4.49. The van der Waals surface area contributed by atoms with Gasteiger partial charge in [-0.3, -0.25) is 0 Å². The molecular formula is C14H14N4. The summed E-state index contributed by atoms with van der Waals surface area (Å²) in [6, 6.07) is 12.3. The monoisotopic (exact) mass is 238 g/mol. The first-order chi connectivity index (χ1) is 8.83. The minimum absolute atomic E-state index is 0.761. The fourth-order valence-corrected chi connectivity index (χ4v) is 1.99. The summed E-state index contributed by atoms with van der Waals surface area (Å²) in [6.45, 7) is 2.78. The van der Waals surface area contributed by atoms with Gasteiger partial charge in [0.2, 0.25) is 0 Å². The van der Waals surface area contributed by atoms with Crippen LogP contribution in [-0.4, -0.2) is 15.0 Å². The van der Waals surface area contributed by atoms with E-state index in [0.717, 1.165) is 29.1 Å². The zero-order valence-electron chi connectivity index (χ0n) is 10.1. The SMILES string of the molecule is Cc1cc2c(NCc3ccccc3)ncnc2[nH]1. The van der Waals surface area contributed by atoms with Gasteiger partial charge in [0.25, 0.3) is 0 Å².